The van der Waals surface area contributed by atoms with Crippen LogP contribution in [-0.4, -0.2) is 52.3 Å². The third kappa shape index (κ3) is 5.74. The minimum absolute atomic E-state index is 0.187. The highest BCUT2D eigenvalue weighted by Crippen LogP contribution is 2.52. The standard InChI is InChI=1S/C33H35B2NO8/c1-2-20-16-27-31(33(39)36(32(27)38)24-10-6-9-23(17-24)35(41)42)28-18-34(40)44-29(30(20)28)14-11-22(21-7-4-3-5-8-21)15-25-12-13-26(19-37)43-25/h3-10,12-13,15,17,27-29,31,37,40-42H,2,11,14,16,18-19H2,1H3/b22-15-/t27-,28+,29-,31-/m1/s1. The lowest BCUT2D eigenvalue weighted by Crippen LogP contribution is -2.46. The zero-order valence-electron chi connectivity index (χ0n) is 24.5. The Morgan fingerprint density at radius 3 is 2.55 bits per heavy atom. The van der Waals surface area contributed by atoms with Gasteiger partial charge in [-0.15, -0.1) is 0 Å². The Kier molecular flexibility index (Phi) is 8.75. The maximum absolute atomic E-state index is 14.0. The van der Waals surface area contributed by atoms with E-state index in [1.807, 2.05) is 49.4 Å². The van der Waals surface area contributed by atoms with Crippen LogP contribution in [0.5, 0.6) is 0 Å². The van der Waals surface area contributed by atoms with Crippen molar-refractivity contribution in [2.24, 2.45) is 17.8 Å². The third-order valence-corrected chi connectivity index (χ3v) is 9.14. The van der Waals surface area contributed by atoms with Crippen molar-refractivity contribution >= 4 is 48.9 Å². The van der Waals surface area contributed by atoms with Crippen LogP contribution in [0.4, 0.5) is 5.69 Å². The highest BCUT2D eigenvalue weighted by Gasteiger charge is 2.57. The predicted octanol–water partition coefficient (Wildman–Crippen LogP) is 3.18. The molecule has 2 aromatic carbocycles. The molecule has 226 valence electrons. The number of hydrogen-bond acceptors (Lipinski definition) is 8. The molecule has 3 aliphatic rings. The summed E-state index contributed by atoms with van der Waals surface area (Å²) in [5, 5.41) is 39.7. The number of rotatable bonds is 9. The zero-order valence-corrected chi connectivity index (χ0v) is 24.5. The summed E-state index contributed by atoms with van der Waals surface area (Å²) in [6.07, 6.45) is 3.98. The molecule has 1 aliphatic carbocycles. The molecule has 2 aliphatic heterocycles. The van der Waals surface area contributed by atoms with Crippen molar-refractivity contribution in [3.05, 3.63) is 95.0 Å². The van der Waals surface area contributed by atoms with E-state index in [0.717, 1.165) is 22.3 Å². The molecule has 3 aromatic rings. The summed E-state index contributed by atoms with van der Waals surface area (Å²) in [4.78, 5) is 28.9. The number of fused-ring (bicyclic) bond motifs is 3. The Labute approximate surface area is 256 Å². The SMILES string of the molecule is CCC1=C2[C@@H](CC/C(=C/c3ccc(CO)o3)c3ccccc3)OB(O)C[C@@H]2[C@@H]2C(=O)N(c3cccc(B(O)O)c3)C(=O)[C@@H]2C1. The van der Waals surface area contributed by atoms with Crippen LogP contribution in [-0.2, 0) is 20.9 Å². The molecule has 0 saturated carbocycles. The number of hydrogen-bond donors (Lipinski definition) is 4. The van der Waals surface area contributed by atoms with Crippen LogP contribution >= 0.6 is 0 Å². The average molecular weight is 595 g/mol. The van der Waals surface area contributed by atoms with E-state index in [1.54, 1.807) is 18.2 Å². The van der Waals surface area contributed by atoms with Gasteiger partial charge in [0.25, 0.3) is 0 Å². The zero-order chi connectivity index (χ0) is 31.0. The van der Waals surface area contributed by atoms with E-state index < -0.39 is 32.2 Å². The molecule has 2 saturated heterocycles. The smallest absolute Gasteiger partial charge is 0.459 e. The topological polar surface area (TPSA) is 141 Å². The summed E-state index contributed by atoms with van der Waals surface area (Å²) < 4.78 is 11.9. The number of allylic oxidation sites excluding steroid dienone is 2. The van der Waals surface area contributed by atoms with Crippen LogP contribution in [0.25, 0.3) is 11.6 Å². The maximum atomic E-state index is 14.0. The van der Waals surface area contributed by atoms with E-state index in [2.05, 4.69) is 0 Å². The van der Waals surface area contributed by atoms with Gasteiger partial charge in [-0.3, -0.25) is 14.5 Å². The highest BCUT2D eigenvalue weighted by molar-refractivity contribution is 6.58. The molecule has 4 atom stereocenters. The first kappa shape index (κ1) is 30.3. The monoisotopic (exact) mass is 595 g/mol. The first-order valence-electron chi connectivity index (χ1n) is 15.1. The molecule has 11 heteroatoms. The molecule has 2 amide bonds. The van der Waals surface area contributed by atoms with Crippen LogP contribution in [0.15, 0.2) is 82.3 Å². The van der Waals surface area contributed by atoms with Crippen LogP contribution in [0.3, 0.4) is 0 Å². The summed E-state index contributed by atoms with van der Waals surface area (Å²) in [5.41, 5.74) is 4.61. The largest absolute Gasteiger partial charge is 0.488 e. The van der Waals surface area contributed by atoms with Crippen molar-refractivity contribution in [2.75, 3.05) is 4.90 Å². The molecule has 3 heterocycles. The van der Waals surface area contributed by atoms with Gasteiger partial charge in [-0.05, 0) is 90.4 Å². The van der Waals surface area contributed by atoms with Crippen molar-refractivity contribution in [1.29, 1.82) is 0 Å². The first-order valence-corrected chi connectivity index (χ1v) is 15.1. The Morgan fingerprint density at radius 1 is 1.05 bits per heavy atom. The number of benzene rings is 2. The van der Waals surface area contributed by atoms with Gasteiger partial charge in [0.15, 0.2) is 0 Å². The van der Waals surface area contributed by atoms with E-state index in [9.17, 15) is 29.8 Å². The van der Waals surface area contributed by atoms with Crippen molar-refractivity contribution in [1.82, 2.24) is 0 Å². The normalized spacial score (nSPS) is 23.7. The van der Waals surface area contributed by atoms with E-state index in [0.29, 0.717) is 42.9 Å². The van der Waals surface area contributed by atoms with Crippen LogP contribution in [0, 0.1) is 17.8 Å². The molecular weight excluding hydrogens is 560 g/mol. The summed E-state index contributed by atoms with van der Waals surface area (Å²) in [6.45, 7) is 1.85. The molecule has 0 spiro atoms. The summed E-state index contributed by atoms with van der Waals surface area (Å²) in [6, 6.07) is 19.7. The molecule has 0 unspecified atom stereocenters. The van der Waals surface area contributed by atoms with E-state index in [1.165, 1.54) is 17.0 Å². The van der Waals surface area contributed by atoms with Gasteiger partial charge in [0.05, 0.1) is 23.6 Å². The van der Waals surface area contributed by atoms with Crippen LogP contribution in [0.1, 0.15) is 49.7 Å². The minimum atomic E-state index is -1.73. The third-order valence-electron chi connectivity index (χ3n) is 9.14. The second-order valence-electron chi connectivity index (χ2n) is 11.7. The van der Waals surface area contributed by atoms with Crippen molar-refractivity contribution < 1.29 is 38.8 Å². The summed E-state index contributed by atoms with van der Waals surface area (Å²) >= 11 is 0. The van der Waals surface area contributed by atoms with Crippen molar-refractivity contribution in [3.8, 4) is 0 Å². The van der Waals surface area contributed by atoms with Crippen molar-refractivity contribution in [3.63, 3.8) is 0 Å². The van der Waals surface area contributed by atoms with Gasteiger partial charge in [-0.2, -0.15) is 0 Å². The molecule has 44 heavy (non-hydrogen) atoms. The minimum Gasteiger partial charge on any atom is -0.459 e. The Hall–Kier alpha value is -3.73. The molecule has 4 N–H and O–H groups in total. The number of carbonyl (C=O) groups excluding carboxylic acids is 2. The number of aliphatic hydroxyl groups excluding tert-OH is 1. The number of nitrogens with zero attached hydrogens (tertiary/aromatic N) is 1. The van der Waals surface area contributed by atoms with Gasteiger partial charge in [-0.1, -0.05) is 55.0 Å². The lowest BCUT2D eigenvalue weighted by molar-refractivity contribution is -0.122. The lowest BCUT2D eigenvalue weighted by Gasteiger charge is -2.43. The van der Waals surface area contributed by atoms with E-state index >= 15 is 0 Å². The maximum Gasteiger partial charge on any atom is 0.488 e. The number of imide groups is 1. The fraction of sp³-hybridized carbons (Fsp3) is 0.333. The van der Waals surface area contributed by atoms with E-state index in [4.69, 9.17) is 9.07 Å². The molecule has 0 bridgehead atoms. The number of anilines is 1. The van der Waals surface area contributed by atoms with Gasteiger partial charge in [-0.25, -0.2) is 0 Å². The lowest BCUT2D eigenvalue weighted by atomic mass is 9.58. The average Bonchev–Trinajstić information content (AvgIpc) is 3.59. The second-order valence-corrected chi connectivity index (χ2v) is 11.7. The molecule has 2 fully saturated rings. The molecule has 9 nitrogen and oxygen atoms in total. The highest BCUT2D eigenvalue weighted by atomic mass is 16.5. The number of amides is 2. The Balaban J connectivity index is 1.30. The molecule has 6 rings (SSSR count). The fourth-order valence-electron chi connectivity index (χ4n) is 7.15. The number of carbonyl (C=O) groups is 2. The molecule has 1 aromatic heterocycles. The second kappa shape index (κ2) is 12.7. The van der Waals surface area contributed by atoms with Gasteiger partial charge < -0.3 is 29.3 Å². The first-order chi connectivity index (χ1) is 21.3. The quantitative estimate of drug-likeness (QED) is 0.168. The van der Waals surface area contributed by atoms with Gasteiger partial charge >= 0.3 is 14.2 Å². The fourth-order valence-corrected chi connectivity index (χ4v) is 7.15. The van der Waals surface area contributed by atoms with Crippen LogP contribution in [0.2, 0.25) is 6.32 Å². The van der Waals surface area contributed by atoms with Gasteiger partial charge in [0, 0.05) is 0 Å². The van der Waals surface area contributed by atoms with Crippen LogP contribution < -0.4 is 10.4 Å². The number of aliphatic hydroxyl groups is 1. The van der Waals surface area contributed by atoms with Gasteiger partial charge in [0.2, 0.25) is 11.8 Å². The number of furan rings is 1. The molecule has 0 radical (unpaired) electrons. The van der Waals surface area contributed by atoms with E-state index in [-0.39, 0.29) is 36.1 Å². The predicted molar refractivity (Wildman–Crippen MR) is 167 cm³/mol. The summed E-state index contributed by atoms with van der Waals surface area (Å²) in [7, 11) is -2.81. The Morgan fingerprint density at radius 2 is 1.84 bits per heavy atom. The van der Waals surface area contributed by atoms with Gasteiger partial charge in [0.1, 0.15) is 18.1 Å². The molecular formula is C33H35B2NO8. The summed E-state index contributed by atoms with van der Waals surface area (Å²) in [5.74, 6) is -1.09. The van der Waals surface area contributed by atoms with Crippen molar-refractivity contribution in [2.45, 2.75) is 51.6 Å². The Bertz CT molecular complexity index is 1600.